The number of nitrogens with zero attached hydrogens (tertiary/aromatic N) is 3. The van der Waals surface area contributed by atoms with Gasteiger partial charge in [-0.25, -0.2) is 0 Å². The van der Waals surface area contributed by atoms with Crippen molar-refractivity contribution in [2.45, 2.75) is 40.3 Å². The van der Waals surface area contributed by atoms with Crippen molar-refractivity contribution in [2.75, 3.05) is 19.6 Å². The Kier molecular flexibility index (Phi) is 5.95. The van der Waals surface area contributed by atoms with Gasteiger partial charge in [-0.1, -0.05) is 25.4 Å². The molecule has 0 amide bonds. The Morgan fingerprint density at radius 1 is 1.35 bits per heavy atom. The van der Waals surface area contributed by atoms with Gasteiger partial charge in [-0.2, -0.15) is 5.10 Å². The molecule has 0 radical (unpaired) electrons. The van der Waals surface area contributed by atoms with Crippen LogP contribution in [-0.4, -0.2) is 34.3 Å². The maximum absolute atomic E-state index is 6.37. The molecule has 0 atom stereocenters. The van der Waals surface area contributed by atoms with Crippen LogP contribution in [0.1, 0.15) is 32.2 Å². The van der Waals surface area contributed by atoms with Gasteiger partial charge in [0.05, 0.1) is 16.4 Å². The molecule has 0 aliphatic rings. The van der Waals surface area contributed by atoms with E-state index >= 15 is 0 Å². The molecular formula is C12H23ClN4. The predicted octanol–water partition coefficient (Wildman–Crippen LogP) is 1.90. The van der Waals surface area contributed by atoms with Crippen LogP contribution >= 0.6 is 11.6 Å². The van der Waals surface area contributed by atoms with Gasteiger partial charge in [0.15, 0.2) is 0 Å². The lowest BCUT2D eigenvalue weighted by atomic mass is 10.3. The molecule has 0 aliphatic carbocycles. The molecule has 0 aromatic carbocycles. The van der Waals surface area contributed by atoms with E-state index < -0.39 is 0 Å². The molecule has 1 rings (SSSR count). The number of hydrogen-bond acceptors (Lipinski definition) is 3. The number of nitrogens with two attached hydrogens (primary N) is 1. The summed E-state index contributed by atoms with van der Waals surface area (Å²) in [5.41, 5.74) is 7.71. The monoisotopic (exact) mass is 258 g/mol. The molecule has 5 heteroatoms. The van der Waals surface area contributed by atoms with E-state index in [0.717, 1.165) is 49.0 Å². The average molecular weight is 259 g/mol. The second-order valence-electron chi connectivity index (χ2n) is 4.03. The molecule has 0 aliphatic heterocycles. The maximum atomic E-state index is 6.37. The third kappa shape index (κ3) is 3.44. The van der Waals surface area contributed by atoms with Crippen LogP contribution in [-0.2, 0) is 19.5 Å². The van der Waals surface area contributed by atoms with Crippen LogP contribution < -0.4 is 5.73 Å². The van der Waals surface area contributed by atoms with E-state index in [1.165, 1.54) is 0 Å². The molecule has 4 nitrogen and oxygen atoms in total. The Balaban J connectivity index is 2.91. The molecule has 1 aromatic rings. The fraction of sp³-hybridized carbons (Fsp3) is 0.750. The largest absolute Gasteiger partial charge is 0.329 e. The van der Waals surface area contributed by atoms with Crippen LogP contribution in [0.5, 0.6) is 0 Å². The van der Waals surface area contributed by atoms with Gasteiger partial charge in [0, 0.05) is 26.2 Å². The first-order chi connectivity index (χ1) is 8.17. The van der Waals surface area contributed by atoms with Crippen LogP contribution in [0.3, 0.4) is 0 Å². The van der Waals surface area contributed by atoms with E-state index in [4.69, 9.17) is 17.3 Å². The van der Waals surface area contributed by atoms with Crippen LogP contribution in [0.15, 0.2) is 0 Å². The van der Waals surface area contributed by atoms with Crippen LogP contribution in [0, 0.1) is 0 Å². The van der Waals surface area contributed by atoms with Gasteiger partial charge in [-0.15, -0.1) is 0 Å². The fourth-order valence-electron chi connectivity index (χ4n) is 1.91. The maximum Gasteiger partial charge on any atom is 0.0863 e. The van der Waals surface area contributed by atoms with Crippen molar-refractivity contribution in [1.29, 1.82) is 0 Å². The Bertz CT molecular complexity index is 349. The van der Waals surface area contributed by atoms with E-state index in [-0.39, 0.29) is 0 Å². The molecule has 0 saturated heterocycles. The quantitative estimate of drug-likeness (QED) is 0.813. The number of likely N-dealkylation sites (N-methyl/N-ethyl adjacent to an activating group) is 1. The SMILES string of the molecule is CCc1nn(CC)c(CN(CC)CCN)c1Cl. The summed E-state index contributed by atoms with van der Waals surface area (Å²) < 4.78 is 2.00. The predicted molar refractivity (Wildman–Crippen MR) is 72.3 cm³/mol. The minimum absolute atomic E-state index is 0.673. The third-order valence-electron chi connectivity index (χ3n) is 2.96. The molecular weight excluding hydrogens is 236 g/mol. The lowest BCUT2D eigenvalue weighted by molar-refractivity contribution is 0.278. The molecule has 1 aromatic heterocycles. The van der Waals surface area contributed by atoms with Gasteiger partial charge in [0.1, 0.15) is 0 Å². The summed E-state index contributed by atoms with van der Waals surface area (Å²) in [6, 6.07) is 0. The zero-order valence-electron chi connectivity index (χ0n) is 11.0. The highest BCUT2D eigenvalue weighted by molar-refractivity contribution is 6.31. The van der Waals surface area contributed by atoms with Gasteiger partial charge in [-0.3, -0.25) is 9.58 Å². The Morgan fingerprint density at radius 3 is 2.53 bits per heavy atom. The highest BCUT2D eigenvalue weighted by Gasteiger charge is 2.16. The van der Waals surface area contributed by atoms with Crippen LogP contribution in [0.2, 0.25) is 5.02 Å². The Labute approximate surface area is 109 Å². The summed E-state index contributed by atoms with van der Waals surface area (Å²) in [5.74, 6) is 0. The molecule has 0 fully saturated rings. The average Bonchev–Trinajstić information content (AvgIpc) is 2.65. The summed E-state index contributed by atoms with van der Waals surface area (Å²) in [4.78, 5) is 2.29. The van der Waals surface area contributed by atoms with Crippen molar-refractivity contribution in [3.05, 3.63) is 16.4 Å². The number of aromatic nitrogens is 2. The zero-order valence-corrected chi connectivity index (χ0v) is 11.8. The molecule has 17 heavy (non-hydrogen) atoms. The summed E-state index contributed by atoms with van der Waals surface area (Å²) in [7, 11) is 0. The van der Waals surface area contributed by atoms with E-state index in [0.29, 0.717) is 6.54 Å². The minimum Gasteiger partial charge on any atom is -0.329 e. The molecule has 0 bridgehead atoms. The second kappa shape index (κ2) is 6.99. The standard InChI is InChI=1S/C12H23ClN4/c1-4-10-12(13)11(17(6-3)15-10)9-16(5-2)8-7-14/h4-9,14H2,1-3H3. The van der Waals surface area contributed by atoms with Crippen molar-refractivity contribution in [3.8, 4) is 0 Å². The molecule has 0 saturated carbocycles. The smallest absolute Gasteiger partial charge is 0.0863 e. The van der Waals surface area contributed by atoms with E-state index in [1.54, 1.807) is 0 Å². The van der Waals surface area contributed by atoms with Gasteiger partial charge < -0.3 is 5.73 Å². The Morgan fingerprint density at radius 2 is 2.06 bits per heavy atom. The topological polar surface area (TPSA) is 47.1 Å². The van der Waals surface area contributed by atoms with E-state index in [2.05, 4.69) is 30.8 Å². The highest BCUT2D eigenvalue weighted by atomic mass is 35.5. The Hall–Kier alpha value is -0.580. The molecule has 2 N–H and O–H groups in total. The molecule has 0 unspecified atom stereocenters. The summed E-state index contributed by atoms with van der Waals surface area (Å²) in [5, 5.41) is 5.34. The van der Waals surface area contributed by atoms with Crippen molar-refractivity contribution in [1.82, 2.24) is 14.7 Å². The van der Waals surface area contributed by atoms with Gasteiger partial charge in [0.2, 0.25) is 0 Å². The van der Waals surface area contributed by atoms with E-state index in [1.807, 2.05) is 4.68 Å². The summed E-state index contributed by atoms with van der Waals surface area (Å²) >= 11 is 6.37. The summed E-state index contributed by atoms with van der Waals surface area (Å²) in [6.45, 7) is 10.5. The lowest BCUT2D eigenvalue weighted by Crippen LogP contribution is -2.30. The lowest BCUT2D eigenvalue weighted by Gasteiger charge is -2.20. The van der Waals surface area contributed by atoms with Crippen molar-refractivity contribution >= 4 is 11.6 Å². The zero-order chi connectivity index (χ0) is 12.8. The van der Waals surface area contributed by atoms with Gasteiger partial charge >= 0.3 is 0 Å². The minimum atomic E-state index is 0.673. The first kappa shape index (κ1) is 14.5. The number of halogens is 1. The van der Waals surface area contributed by atoms with Crippen molar-refractivity contribution < 1.29 is 0 Å². The second-order valence-corrected chi connectivity index (χ2v) is 4.41. The van der Waals surface area contributed by atoms with Crippen LogP contribution in [0.4, 0.5) is 0 Å². The summed E-state index contributed by atoms with van der Waals surface area (Å²) in [6.07, 6.45) is 0.877. The van der Waals surface area contributed by atoms with Gasteiger partial charge in [0.25, 0.3) is 0 Å². The van der Waals surface area contributed by atoms with Gasteiger partial charge in [-0.05, 0) is 19.9 Å². The number of aryl methyl sites for hydroxylation is 2. The van der Waals surface area contributed by atoms with Crippen LogP contribution in [0.25, 0.3) is 0 Å². The first-order valence-electron chi connectivity index (χ1n) is 6.34. The fourth-order valence-corrected chi connectivity index (χ4v) is 2.24. The van der Waals surface area contributed by atoms with E-state index in [9.17, 15) is 0 Å². The first-order valence-corrected chi connectivity index (χ1v) is 6.72. The third-order valence-corrected chi connectivity index (χ3v) is 3.40. The van der Waals surface area contributed by atoms with Crippen molar-refractivity contribution in [2.24, 2.45) is 5.73 Å². The molecule has 0 spiro atoms. The number of hydrogen-bond donors (Lipinski definition) is 1. The highest BCUT2D eigenvalue weighted by Crippen LogP contribution is 2.22. The molecule has 1 heterocycles. The number of rotatable bonds is 7. The molecule has 98 valence electrons. The van der Waals surface area contributed by atoms with Crippen molar-refractivity contribution in [3.63, 3.8) is 0 Å². The normalized spacial score (nSPS) is 11.4.